The molecule has 0 rings (SSSR count). The Morgan fingerprint density at radius 3 is 0.840 bits per heavy atom. The van der Waals surface area contributed by atoms with E-state index in [2.05, 4.69) is 0 Å². The van der Waals surface area contributed by atoms with Crippen molar-refractivity contribution in [1.82, 2.24) is 9.80 Å². The van der Waals surface area contributed by atoms with Gasteiger partial charge in [0.15, 0.2) is 0 Å². The van der Waals surface area contributed by atoms with Crippen LogP contribution in [0.1, 0.15) is 5.71 Å². The van der Waals surface area contributed by atoms with Gasteiger partial charge in [-0.05, 0) is 0 Å². The van der Waals surface area contributed by atoms with E-state index in [1.165, 1.54) is 0 Å². The van der Waals surface area contributed by atoms with Crippen LogP contribution in [-0.2, 0) is 19.2 Å². The molecule has 0 aliphatic heterocycles. The van der Waals surface area contributed by atoms with E-state index in [4.69, 9.17) is 20.4 Å². The Kier molecular flexibility index (Phi) is 39.2. The van der Waals surface area contributed by atoms with E-state index in [9.17, 15) is 19.2 Å². The number of carboxylic acids is 4. The smallest absolute Gasteiger partial charge is 1.00 e. The van der Waals surface area contributed by atoms with Crippen LogP contribution in [0.25, 0.3) is 0 Å². The Morgan fingerprint density at radius 1 is 0.560 bits per heavy atom. The summed E-state index contributed by atoms with van der Waals surface area (Å²) in [5, 5.41) is 34.5. The van der Waals surface area contributed by atoms with Gasteiger partial charge in [-0.25, -0.2) is 0 Å². The van der Waals surface area contributed by atoms with Crippen LogP contribution in [0.15, 0.2) is 0 Å². The molecule has 0 amide bonds. The van der Waals surface area contributed by atoms with E-state index in [0.717, 1.165) is 9.80 Å². The van der Waals surface area contributed by atoms with Gasteiger partial charge < -0.3 is 31.6 Å². The van der Waals surface area contributed by atoms with Crippen LogP contribution < -0.4 is 118 Å². The monoisotopic (exact) mass is 406 g/mol. The van der Waals surface area contributed by atoms with Crippen molar-refractivity contribution in [3.05, 3.63) is 0 Å². The van der Waals surface area contributed by atoms with Crippen molar-refractivity contribution >= 4 is 23.9 Å². The van der Waals surface area contributed by atoms with E-state index in [1.54, 1.807) is 0 Å². The van der Waals surface area contributed by atoms with Crippen molar-refractivity contribution in [2.24, 2.45) is 0 Å². The summed E-state index contributed by atoms with van der Waals surface area (Å²) in [6.45, 7) is -2.25. The minimum atomic E-state index is -1.23. The Hall–Kier alpha value is 1.76. The largest absolute Gasteiger partial charge is 1.00 e. The predicted molar refractivity (Wildman–Crippen MR) is 71.5 cm³/mol. The van der Waals surface area contributed by atoms with Gasteiger partial charge >= 0.3 is 142 Å². The minimum absolute atomic E-state index is 0. The maximum atomic E-state index is 10.6. The number of aliphatic carboxylic acids is 4. The van der Waals surface area contributed by atoms with Gasteiger partial charge in [-0.15, -0.1) is 0 Å². The van der Waals surface area contributed by atoms with Gasteiger partial charge in [-0.2, -0.15) is 0 Å². The van der Waals surface area contributed by atoms with Crippen LogP contribution in [0.5, 0.6) is 0 Å². The molecule has 0 aliphatic carbocycles. The first-order valence-electron chi connectivity index (χ1n) is 5.52. The number of rotatable bonds is 11. The molecule has 0 bridgehead atoms. The van der Waals surface area contributed by atoms with Crippen LogP contribution >= 0.6 is 0 Å². The van der Waals surface area contributed by atoms with Crippen molar-refractivity contribution in [3.63, 3.8) is 0 Å². The Bertz CT molecular complexity index is 349. The molecule has 130 valence electrons. The van der Waals surface area contributed by atoms with Crippen LogP contribution in [-0.4, -0.2) is 98.8 Å². The topological polar surface area (TPSA) is 187 Å². The summed E-state index contributed by atoms with van der Waals surface area (Å²) in [4.78, 5) is 44.4. The predicted octanol–water partition coefficient (Wildman–Crippen LogP) is -14.4. The first-order chi connectivity index (χ1) is 9.20. The molecule has 0 aromatic rings. The standard InChI is InChI=1S/C10H16N2O8.4Na.H2O.4H/c13-7(14)3-11(4-8(15)16)1-2-12(5-9(17)18)6-10(19)20;;;;;;;;;/h1-6H2,(H,13,14)(H,15,16)(H,17,18)(H,19,20);;;;;1H2;;;;/q;4*+1;;4*-1. The molecule has 0 aromatic heterocycles. The maximum Gasteiger partial charge on any atom is 1.00 e. The van der Waals surface area contributed by atoms with Gasteiger partial charge in [0.05, 0.1) is 26.2 Å². The molecule has 0 aliphatic rings. The average molecular weight is 406 g/mol. The summed E-state index contributed by atoms with van der Waals surface area (Å²) >= 11 is 0. The van der Waals surface area contributed by atoms with Crippen LogP contribution in [0.4, 0.5) is 0 Å². The second-order valence-corrected chi connectivity index (χ2v) is 4.00. The molecule has 0 unspecified atom stereocenters. The van der Waals surface area contributed by atoms with Crippen LogP contribution in [0.3, 0.4) is 0 Å². The van der Waals surface area contributed by atoms with Gasteiger partial charge in [0.25, 0.3) is 0 Å². The van der Waals surface area contributed by atoms with Gasteiger partial charge in [0, 0.05) is 13.1 Å². The molecule has 0 heterocycles. The summed E-state index contributed by atoms with van der Waals surface area (Å²) in [5.41, 5.74) is 0. The second kappa shape index (κ2) is 23.8. The summed E-state index contributed by atoms with van der Waals surface area (Å²) in [5.74, 6) is -4.91. The molecule has 11 nitrogen and oxygen atoms in total. The number of carbonyl (C=O) groups is 4. The van der Waals surface area contributed by atoms with Gasteiger partial charge in [-0.3, -0.25) is 29.0 Å². The molecule has 0 spiro atoms. The van der Waals surface area contributed by atoms with Gasteiger partial charge in [0.1, 0.15) is 0 Å². The van der Waals surface area contributed by atoms with Crippen molar-refractivity contribution in [3.8, 4) is 0 Å². The number of hydrogen-bond acceptors (Lipinski definition) is 6. The first kappa shape index (κ1) is 41.2. The molecule has 0 radical (unpaired) electrons. The molecule has 0 fully saturated rings. The third-order valence-electron chi connectivity index (χ3n) is 2.17. The first-order valence-corrected chi connectivity index (χ1v) is 5.52. The molecule has 25 heavy (non-hydrogen) atoms. The van der Waals surface area contributed by atoms with Crippen molar-refractivity contribution in [2.45, 2.75) is 0 Å². The molecule has 0 aromatic carbocycles. The number of hydrogen-bond donors (Lipinski definition) is 4. The van der Waals surface area contributed by atoms with Crippen molar-refractivity contribution in [2.75, 3.05) is 39.3 Å². The van der Waals surface area contributed by atoms with Crippen molar-refractivity contribution in [1.29, 1.82) is 0 Å². The normalized spacial score (nSPS) is 8.56. The van der Waals surface area contributed by atoms with Crippen LogP contribution in [0.2, 0.25) is 0 Å². The van der Waals surface area contributed by atoms with E-state index in [-0.39, 0.29) is 143 Å². The summed E-state index contributed by atoms with van der Waals surface area (Å²) in [7, 11) is 0. The van der Waals surface area contributed by atoms with E-state index < -0.39 is 50.1 Å². The quantitative estimate of drug-likeness (QED) is 0.240. The Morgan fingerprint density at radius 2 is 0.720 bits per heavy atom. The molecular weight excluding hydrogens is 384 g/mol. The summed E-state index contributed by atoms with van der Waals surface area (Å²) in [6, 6.07) is 0. The van der Waals surface area contributed by atoms with Gasteiger partial charge in [-0.1, -0.05) is 0 Å². The Labute approximate surface area is 238 Å². The third-order valence-corrected chi connectivity index (χ3v) is 2.17. The molecule has 15 heteroatoms. The number of nitrogens with zero attached hydrogens (tertiary/aromatic N) is 2. The molecular formula is C10H22N2Na4O9. The van der Waals surface area contributed by atoms with Gasteiger partial charge in [0.2, 0.25) is 0 Å². The number of carboxylic acid groups (broad SMARTS) is 4. The third kappa shape index (κ3) is 28.1. The fourth-order valence-electron chi connectivity index (χ4n) is 1.48. The Balaban J connectivity index is -0.0000000501. The average Bonchev–Trinajstić information content (AvgIpc) is 2.22. The fraction of sp³-hybridized carbons (Fsp3) is 0.600. The molecule has 0 saturated heterocycles. The SMILES string of the molecule is O.O=C(O)CN(CCN(CC(=O)O)CC(=O)O)CC(=O)O.[H-].[H-].[H-].[H-].[Na+].[Na+].[Na+].[Na+]. The summed E-state index contributed by atoms with van der Waals surface area (Å²) in [6.07, 6.45) is 0. The maximum absolute atomic E-state index is 10.6. The molecule has 0 atom stereocenters. The van der Waals surface area contributed by atoms with E-state index >= 15 is 0 Å². The summed E-state index contributed by atoms with van der Waals surface area (Å²) < 4.78 is 0. The van der Waals surface area contributed by atoms with Crippen molar-refractivity contribution < 1.29 is 169 Å². The zero-order valence-electron chi connectivity index (χ0n) is 19.1. The zero-order valence-corrected chi connectivity index (χ0v) is 23.1. The molecule has 0 saturated carbocycles. The second-order valence-electron chi connectivity index (χ2n) is 4.00. The van der Waals surface area contributed by atoms with E-state index in [1.807, 2.05) is 0 Å². The van der Waals surface area contributed by atoms with Crippen LogP contribution in [0, 0.1) is 0 Å². The van der Waals surface area contributed by atoms with E-state index in [0.29, 0.717) is 0 Å². The molecule has 6 N–H and O–H groups in total. The minimum Gasteiger partial charge on any atom is -1.00 e. The fourth-order valence-corrected chi connectivity index (χ4v) is 1.48. The zero-order chi connectivity index (χ0) is 15.7.